The van der Waals surface area contributed by atoms with Crippen LogP contribution >= 0.6 is 0 Å². The monoisotopic (exact) mass is 157 g/mol. The van der Waals surface area contributed by atoms with E-state index in [4.69, 9.17) is 4.74 Å². The molecule has 1 radical (unpaired) electrons. The standard InChI is InChI=1S/C7H13N2O2/c1-7(8-6-10)9-2-4-11-5-3-9/h7H,2-5H2,1H3,(H,8,10). The van der Waals surface area contributed by atoms with Gasteiger partial charge in [0.15, 0.2) is 0 Å². The fourth-order valence-electron chi connectivity index (χ4n) is 1.14. The molecule has 0 aromatic rings. The summed E-state index contributed by atoms with van der Waals surface area (Å²) >= 11 is 0. The van der Waals surface area contributed by atoms with Crippen LogP contribution in [0, 0.1) is 0 Å². The summed E-state index contributed by atoms with van der Waals surface area (Å²) in [5.74, 6) is 0. The summed E-state index contributed by atoms with van der Waals surface area (Å²) in [7, 11) is 0. The summed E-state index contributed by atoms with van der Waals surface area (Å²) in [6.07, 6.45) is 1.76. The van der Waals surface area contributed by atoms with Crippen LogP contribution in [-0.4, -0.2) is 43.8 Å². The van der Waals surface area contributed by atoms with Crippen molar-refractivity contribution >= 4 is 6.41 Å². The van der Waals surface area contributed by atoms with Crippen molar-refractivity contribution in [3.8, 4) is 0 Å². The number of amides is 1. The van der Waals surface area contributed by atoms with Crippen LogP contribution in [0.5, 0.6) is 0 Å². The van der Waals surface area contributed by atoms with Crippen molar-refractivity contribution < 1.29 is 9.53 Å². The zero-order valence-corrected chi connectivity index (χ0v) is 6.67. The van der Waals surface area contributed by atoms with Crippen LogP contribution in [0.25, 0.3) is 0 Å². The lowest BCUT2D eigenvalue weighted by molar-refractivity contribution is 0.0172. The van der Waals surface area contributed by atoms with Crippen LogP contribution in [0.1, 0.15) is 6.92 Å². The predicted octanol–water partition coefficient (Wildman–Crippen LogP) is -0.679. The Morgan fingerprint density at radius 3 is 2.73 bits per heavy atom. The van der Waals surface area contributed by atoms with Gasteiger partial charge in [0.2, 0.25) is 0 Å². The van der Waals surface area contributed by atoms with Gasteiger partial charge in [-0.25, -0.2) is 0 Å². The molecule has 1 amide bonds. The molecular formula is C7H13N2O2. The molecular weight excluding hydrogens is 144 g/mol. The van der Waals surface area contributed by atoms with Gasteiger partial charge in [-0.1, -0.05) is 0 Å². The van der Waals surface area contributed by atoms with Crippen molar-refractivity contribution in [2.45, 2.75) is 13.1 Å². The smallest absolute Gasteiger partial charge is 0.310 e. The van der Waals surface area contributed by atoms with Crippen LogP contribution in [0.2, 0.25) is 0 Å². The Hall–Kier alpha value is -0.610. The van der Waals surface area contributed by atoms with Crippen LogP contribution in [0.4, 0.5) is 0 Å². The molecule has 0 aliphatic carbocycles. The Labute approximate surface area is 66.5 Å². The summed E-state index contributed by atoms with van der Waals surface area (Å²) in [5.41, 5.74) is 0. The highest BCUT2D eigenvalue weighted by Gasteiger charge is 2.15. The fourth-order valence-corrected chi connectivity index (χ4v) is 1.14. The molecule has 1 rings (SSSR count). The molecule has 1 saturated heterocycles. The third kappa shape index (κ3) is 2.48. The molecule has 4 nitrogen and oxygen atoms in total. The quantitative estimate of drug-likeness (QED) is 0.552. The molecule has 1 fully saturated rings. The van der Waals surface area contributed by atoms with E-state index in [1.54, 1.807) is 6.41 Å². The van der Waals surface area contributed by atoms with E-state index >= 15 is 0 Å². The van der Waals surface area contributed by atoms with E-state index in [1.165, 1.54) is 0 Å². The lowest BCUT2D eigenvalue weighted by Crippen LogP contribution is -2.48. The molecule has 4 heteroatoms. The van der Waals surface area contributed by atoms with Crippen LogP contribution in [-0.2, 0) is 9.53 Å². The van der Waals surface area contributed by atoms with Crippen LogP contribution < -0.4 is 5.32 Å². The van der Waals surface area contributed by atoms with Gasteiger partial charge in [0.05, 0.1) is 19.4 Å². The lowest BCUT2D eigenvalue weighted by atomic mass is 10.4. The molecule has 1 unspecified atom stereocenters. The first kappa shape index (κ1) is 8.49. The Kier molecular flexibility index (Phi) is 3.32. The third-order valence-electron chi connectivity index (χ3n) is 1.86. The fraction of sp³-hybridized carbons (Fsp3) is 0.857. The maximum absolute atomic E-state index is 9.96. The predicted molar refractivity (Wildman–Crippen MR) is 40.7 cm³/mol. The highest BCUT2D eigenvalue weighted by Crippen LogP contribution is 1.99. The Balaban J connectivity index is 2.26. The molecule has 1 aliphatic rings. The molecule has 0 saturated carbocycles. The minimum absolute atomic E-state index is 0.0800. The van der Waals surface area contributed by atoms with E-state index in [1.807, 2.05) is 6.92 Å². The van der Waals surface area contributed by atoms with Gasteiger partial charge in [-0.15, -0.1) is 0 Å². The summed E-state index contributed by atoms with van der Waals surface area (Å²) in [5, 5.41) is 2.58. The van der Waals surface area contributed by atoms with Crippen molar-refractivity contribution in [3.05, 3.63) is 0 Å². The average Bonchev–Trinajstić information content (AvgIpc) is 2.07. The first-order chi connectivity index (χ1) is 5.34. The van der Waals surface area contributed by atoms with E-state index in [2.05, 4.69) is 10.2 Å². The number of hydrogen-bond acceptors (Lipinski definition) is 3. The normalized spacial score (nSPS) is 22.6. The van der Waals surface area contributed by atoms with E-state index in [0.29, 0.717) is 0 Å². The number of nitrogens with zero attached hydrogens (tertiary/aromatic N) is 1. The maximum atomic E-state index is 9.96. The Bertz CT molecular complexity index is 124. The highest BCUT2D eigenvalue weighted by molar-refractivity contribution is 5.47. The SMILES string of the molecule is CC(N[C]=O)N1CCOCC1. The molecule has 63 valence electrons. The van der Waals surface area contributed by atoms with Gasteiger partial charge in [-0.05, 0) is 6.92 Å². The molecule has 0 aromatic carbocycles. The molecule has 1 heterocycles. The average molecular weight is 157 g/mol. The lowest BCUT2D eigenvalue weighted by Gasteiger charge is -2.31. The van der Waals surface area contributed by atoms with E-state index in [0.717, 1.165) is 26.3 Å². The van der Waals surface area contributed by atoms with Gasteiger partial charge in [0.25, 0.3) is 0 Å². The topological polar surface area (TPSA) is 41.6 Å². The third-order valence-corrected chi connectivity index (χ3v) is 1.86. The maximum Gasteiger partial charge on any atom is 0.310 e. The summed E-state index contributed by atoms with van der Waals surface area (Å²) in [6.45, 7) is 5.22. The highest BCUT2D eigenvalue weighted by atomic mass is 16.5. The van der Waals surface area contributed by atoms with Gasteiger partial charge >= 0.3 is 6.41 Å². The number of hydrogen-bond donors (Lipinski definition) is 1. The second-order valence-corrected chi connectivity index (χ2v) is 2.57. The largest absolute Gasteiger partial charge is 0.379 e. The zero-order chi connectivity index (χ0) is 8.10. The Morgan fingerprint density at radius 1 is 1.55 bits per heavy atom. The van der Waals surface area contributed by atoms with Gasteiger partial charge in [0.1, 0.15) is 0 Å². The molecule has 11 heavy (non-hydrogen) atoms. The van der Waals surface area contributed by atoms with Gasteiger partial charge in [0, 0.05) is 13.1 Å². The second-order valence-electron chi connectivity index (χ2n) is 2.57. The van der Waals surface area contributed by atoms with E-state index < -0.39 is 0 Å². The van der Waals surface area contributed by atoms with Crippen molar-refractivity contribution in [2.24, 2.45) is 0 Å². The summed E-state index contributed by atoms with van der Waals surface area (Å²) < 4.78 is 5.16. The zero-order valence-electron chi connectivity index (χ0n) is 6.67. The summed E-state index contributed by atoms with van der Waals surface area (Å²) in [6, 6.07) is 0. The first-order valence-corrected chi connectivity index (χ1v) is 3.79. The molecule has 1 aliphatic heterocycles. The van der Waals surface area contributed by atoms with Crippen LogP contribution in [0.3, 0.4) is 0 Å². The van der Waals surface area contributed by atoms with E-state index in [-0.39, 0.29) is 6.17 Å². The van der Waals surface area contributed by atoms with Crippen molar-refractivity contribution in [3.63, 3.8) is 0 Å². The second kappa shape index (κ2) is 4.31. The van der Waals surface area contributed by atoms with E-state index in [9.17, 15) is 4.79 Å². The van der Waals surface area contributed by atoms with Crippen molar-refractivity contribution in [1.82, 2.24) is 10.2 Å². The minimum Gasteiger partial charge on any atom is -0.379 e. The van der Waals surface area contributed by atoms with Crippen LogP contribution in [0.15, 0.2) is 0 Å². The van der Waals surface area contributed by atoms with Gasteiger partial charge < -0.3 is 10.1 Å². The number of nitrogens with one attached hydrogen (secondary N) is 1. The molecule has 1 N–H and O–H groups in total. The molecule has 0 bridgehead atoms. The number of carbonyl (C=O) groups excluding carboxylic acids is 1. The number of ether oxygens (including phenoxy) is 1. The first-order valence-electron chi connectivity index (χ1n) is 3.79. The molecule has 0 aromatic heterocycles. The van der Waals surface area contributed by atoms with Gasteiger partial charge in [-0.3, -0.25) is 9.69 Å². The number of morpholine rings is 1. The van der Waals surface area contributed by atoms with Crippen molar-refractivity contribution in [2.75, 3.05) is 26.3 Å². The molecule has 1 atom stereocenters. The van der Waals surface area contributed by atoms with Gasteiger partial charge in [-0.2, -0.15) is 0 Å². The number of rotatable bonds is 3. The van der Waals surface area contributed by atoms with Crippen molar-refractivity contribution in [1.29, 1.82) is 0 Å². The minimum atomic E-state index is 0.0800. The summed E-state index contributed by atoms with van der Waals surface area (Å²) in [4.78, 5) is 12.1. The molecule has 0 spiro atoms. The Morgan fingerprint density at radius 2 is 2.18 bits per heavy atom.